The van der Waals surface area contributed by atoms with Gasteiger partial charge >= 0.3 is 23.9 Å². The molecule has 2 amide bonds. The smallest absolute Gasteiger partial charge is 0.325 e. The van der Waals surface area contributed by atoms with Crippen LogP contribution in [0.3, 0.4) is 0 Å². The van der Waals surface area contributed by atoms with Gasteiger partial charge in [-0.3, -0.25) is 28.8 Å². The van der Waals surface area contributed by atoms with E-state index >= 15 is 0 Å². The van der Waals surface area contributed by atoms with Gasteiger partial charge in [-0.15, -0.1) is 0 Å². The van der Waals surface area contributed by atoms with Gasteiger partial charge in [-0.2, -0.15) is 0 Å². The van der Waals surface area contributed by atoms with Gasteiger partial charge in [0.05, 0.1) is 26.4 Å². The number of unbranched alkanes of at least 4 members (excludes halogenated alkanes) is 1. The molecule has 34 heavy (non-hydrogen) atoms. The first-order chi connectivity index (χ1) is 16.2. The Bertz CT molecular complexity index is 597. The highest BCUT2D eigenvalue weighted by Gasteiger charge is 2.23. The highest BCUT2D eigenvalue weighted by Crippen LogP contribution is 2.08. The van der Waals surface area contributed by atoms with Gasteiger partial charge in [-0.25, -0.2) is 0 Å². The molecule has 0 atom stereocenters. The monoisotopic (exact) mass is 488 g/mol. The van der Waals surface area contributed by atoms with E-state index in [1.807, 2.05) is 0 Å². The summed E-state index contributed by atoms with van der Waals surface area (Å²) in [6, 6.07) is 0. The van der Waals surface area contributed by atoms with Gasteiger partial charge < -0.3 is 28.7 Å². The van der Waals surface area contributed by atoms with Crippen LogP contribution in [0.25, 0.3) is 0 Å². The predicted molar refractivity (Wildman–Crippen MR) is 118 cm³/mol. The van der Waals surface area contributed by atoms with Crippen LogP contribution in [0.4, 0.5) is 0 Å². The van der Waals surface area contributed by atoms with Gasteiger partial charge in [0.25, 0.3) is 0 Å². The van der Waals surface area contributed by atoms with Crippen molar-refractivity contribution in [2.24, 2.45) is 0 Å². The molecule has 0 radical (unpaired) electrons. The Labute approximate surface area is 199 Å². The van der Waals surface area contributed by atoms with Crippen LogP contribution in [0.5, 0.6) is 0 Å². The second kappa shape index (κ2) is 18.3. The van der Waals surface area contributed by atoms with E-state index in [-0.39, 0.29) is 52.1 Å². The molecular formula is C22H36N2O10. The Kier molecular flexibility index (Phi) is 16.6. The van der Waals surface area contributed by atoms with Gasteiger partial charge in [-0.1, -0.05) is 0 Å². The van der Waals surface area contributed by atoms with Gasteiger partial charge in [0.2, 0.25) is 11.8 Å². The summed E-state index contributed by atoms with van der Waals surface area (Å²) in [5, 5.41) is 0. The summed E-state index contributed by atoms with van der Waals surface area (Å²) in [4.78, 5) is 74.2. The lowest BCUT2D eigenvalue weighted by Crippen LogP contribution is -2.41. The Morgan fingerprint density at radius 2 is 0.706 bits per heavy atom. The summed E-state index contributed by atoms with van der Waals surface area (Å²) in [5.74, 6) is -3.53. The molecule has 0 rings (SSSR count). The normalized spacial score (nSPS) is 10.1. The number of amides is 2. The third-order valence-corrected chi connectivity index (χ3v) is 4.24. The molecule has 0 unspecified atom stereocenters. The minimum absolute atomic E-state index is 0.0259. The van der Waals surface area contributed by atoms with E-state index in [0.717, 1.165) is 9.80 Å². The zero-order chi connectivity index (χ0) is 25.9. The van der Waals surface area contributed by atoms with Crippen LogP contribution in [0, 0.1) is 0 Å². The van der Waals surface area contributed by atoms with Crippen molar-refractivity contribution in [2.45, 2.75) is 53.4 Å². The van der Waals surface area contributed by atoms with Crippen molar-refractivity contribution >= 4 is 35.7 Å². The third-order valence-electron chi connectivity index (χ3n) is 4.24. The summed E-state index contributed by atoms with van der Waals surface area (Å²) < 4.78 is 19.3. The number of nitrogens with zero attached hydrogens (tertiary/aromatic N) is 2. The zero-order valence-electron chi connectivity index (χ0n) is 20.5. The average Bonchev–Trinajstić information content (AvgIpc) is 2.76. The molecular weight excluding hydrogens is 452 g/mol. The molecule has 0 aliphatic rings. The molecule has 0 aromatic rings. The first-order valence-corrected chi connectivity index (χ1v) is 11.4. The zero-order valence-corrected chi connectivity index (χ0v) is 20.5. The Morgan fingerprint density at radius 1 is 0.471 bits per heavy atom. The topological polar surface area (TPSA) is 146 Å². The molecule has 0 fully saturated rings. The maximum Gasteiger partial charge on any atom is 0.325 e. The van der Waals surface area contributed by atoms with Crippen LogP contribution >= 0.6 is 0 Å². The van der Waals surface area contributed by atoms with E-state index in [9.17, 15) is 28.8 Å². The molecule has 12 heteroatoms. The van der Waals surface area contributed by atoms with Crippen molar-refractivity contribution in [3.05, 3.63) is 0 Å². The summed E-state index contributed by atoms with van der Waals surface area (Å²) in [7, 11) is 0. The molecule has 0 aromatic heterocycles. The Hall–Kier alpha value is -3.18. The van der Waals surface area contributed by atoms with Crippen LogP contribution in [-0.2, 0) is 47.7 Å². The standard InChI is InChI=1S/C22H36N2O10/c1-5-31-19(27)13-23(14-20(28)32-6-2)17(25)11-9-10-12-18(26)24(15-21(29)33-7-3)16-22(30)34-8-4/h5-16H2,1-4H3. The van der Waals surface area contributed by atoms with Crippen molar-refractivity contribution < 1.29 is 47.7 Å². The summed E-state index contributed by atoms with van der Waals surface area (Å²) in [6.45, 7) is 5.47. The van der Waals surface area contributed by atoms with Crippen LogP contribution in [0.1, 0.15) is 53.4 Å². The van der Waals surface area contributed by atoms with Crippen LogP contribution in [-0.4, -0.2) is 98.1 Å². The van der Waals surface area contributed by atoms with Crippen LogP contribution in [0.2, 0.25) is 0 Å². The average molecular weight is 489 g/mol. The second-order valence-electron chi connectivity index (χ2n) is 6.93. The van der Waals surface area contributed by atoms with Crippen molar-refractivity contribution in [3.8, 4) is 0 Å². The number of esters is 4. The van der Waals surface area contributed by atoms with Gasteiger partial charge in [0.1, 0.15) is 26.2 Å². The Balaban J connectivity index is 4.85. The minimum Gasteiger partial charge on any atom is -0.465 e. The fourth-order valence-corrected chi connectivity index (χ4v) is 2.78. The third kappa shape index (κ3) is 14.1. The largest absolute Gasteiger partial charge is 0.465 e. The number of ether oxygens (including phenoxy) is 4. The molecule has 0 saturated heterocycles. The molecule has 0 aliphatic carbocycles. The van der Waals surface area contributed by atoms with Crippen LogP contribution < -0.4 is 0 Å². The number of carbonyl (C=O) groups excluding carboxylic acids is 6. The fourth-order valence-electron chi connectivity index (χ4n) is 2.78. The highest BCUT2D eigenvalue weighted by molar-refractivity contribution is 5.87. The van der Waals surface area contributed by atoms with E-state index < -0.39 is 61.9 Å². The van der Waals surface area contributed by atoms with Crippen molar-refractivity contribution in [1.82, 2.24) is 9.80 Å². The van der Waals surface area contributed by atoms with Crippen molar-refractivity contribution in [2.75, 3.05) is 52.6 Å². The summed E-state index contributed by atoms with van der Waals surface area (Å²) in [5.41, 5.74) is 0. The van der Waals surface area contributed by atoms with Gasteiger partial charge in [-0.05, 0) is 40.5 Å². The van der Waals surface area contributed by atoms with Crippen molar-refractivity contribution in [1.29, 1.82) is 0 Å². The summed E-state index contributed by atoms with van der Waals surface area (Å²) >= 11 is 0. The maximum absolute atomic E-state index is 12.5. The lowest BCUT2D eigenvalue weighted by atomic mass is 10.1. The fraction of sp³-hybridized carbons (Fsp3) is 0.727. The number of hydrogen-bond donors (Lipinski definition) is 0. The lowest BCUT2D eigenvalue weighted by molar-refractivity contribution is -0.155. The maximum atomic E-state index is 12.5. The molecule has 0 aromatic carbocycles. The van der Waals surface area contributed by atoms with Crippen LogP contribution in [0.15, 0.2) is 0 Å². The quantitative estimate of drug-likeness (QED) is 0.161. The Morgan fingerprint density at radius 3 is 0.912 bits per heavy atom. The molecule has 0 saturated carbocycles. The van der Waals surface area contributed by atoms with Gasteiger partial charge in [0.15, 0.2) is 0 Å². The predicted octanol–water partition coefficient (Wildman–Crippen LogP) is 0.456. The summed E-state index contributed by atoms with van der Waals surface area (Å²) in [6.07, 6.45) is 0.502. The second-order valence-corrected chi connectivity index (χ2v) is 6.93. The molecule has 0 aliphatic heterocycles. The number of carbonyl (C=O) groups is 6. The van der Waals surface area contributed by atoms with E-state index in [1.165, 1.54) is 0 Å². The molecule has 0 bridgehead atoms. The first-order valence-electron chi connectivity index (χ1n) is 11.4. The molecule has 0 N–H and O–H groups in total. The molecule has 194 valence electrons. The highest BCUT2D eigenvalue weighted by atomic mass is 16.5. The molecule has 0 heterocycles. The van der Waals surface area contributed by atoms with E-state index in [4.69, 9.17) is 18.9 Å². The van der Waals surface area contributed by atoms with Crippen molar-refractivity contribution in [3.63, 3.8) is 0 Å². The van der Waals surface area contributed by atoms with E-state index in [1.54, 1.807) is 27.7 Å². The molecule has 12 nitrogen and oxygen atoms in total. The number of hydrogen-bond acceptors (Lipinski definition) is 10. The molecule has 0 spiro atoms. The SMILES string of the molecule is CCOC(=O)CN(CC(=O)OCC)C(=O)CCCCC(=O)N(CC(=O)OCC)CC(=O)OCC. The minimum atomic E-state index is -0.649. The first kappa shape index (κ1) is 30.8. The van der Waals surface area contributed by atoms with E-state index in [2.05, 4.69) is 0 Å². The number of rotatable bonds is 17. The van der Waals surface area contributed by atoms with E-state index in [0.29, 0.717) is 0 Å². The lowest BCUT2D eigenvalue weighted by Gasteiger charge is -2.21. The van der Waals surface area contributed by atoms with Gasteiger partial charge in [0, 0.05) is 12.8 Å².